The molecule has 1 aliphatic rings. The lowest BCUT2D eigenvalue weighted by molar-refractivity contribution is -0.120. The number of piperidine rings is 1. The fourth-order valence-corrected chi connectivity index (χ4v) is 6.17. The Morgan fingerprint density at radius 2 is 2.06 bits per heavy atom. The number of anilines is 1. The number of carbonyl (C=O) groups is 1. The molecule has 1 aliphatic heterocycles. The number of rotatable bonds is 6. The number of hydrogen-bond acceptors (Lipinski definition) is 4. The molecule has 1 heterocycles. The number of aryl methyl sites for hydroxylation is 2. The van der Waals surface area contributed by atoms with Gasteiger partial charge in [0.15, 0.2) is 0 Å². The summed E-state index contributed by atoms with van der Waals surface area (Å²) in [6, 6.07) is 7.30. The van der Waals surface area contributed by atoms with Gasteiger partial charge in [0.2, 0.25) is 15.9 Å². The van der Waals surface area contributed by atoms with Gasteiger partial charge in [-0.15, -0.1) is 0 Å². The SMILES string of the molecule is CCc1cc(Br)cc(C)c1NC(=O)[C@H]1CCCN(S(=O)(=O)c2cc(F)ccc2OC)C1. The van der Waals surface area contributed by atoms with Crippen LogP contribution in [0.2, 0.25) is 0 Å². The van der Waals surface area contributed by atoms with Crippen molar-refractivity contribution in [2.75, 3.05) is 25.5 Å². The lowest BCUT2D eigenvalue weighted by atomic mass is 9.98. The van der Waals surface area contributed by atoms with E-state index >= 15 is 0 Å². The normalized spacial score (nSPS) is 17.4. The molecule has 31 heavy (non-hydrogen) atoms. The summed E-state index contributed by atoms with van der Waals surface area (Å²) in [5.41, 5.74) is 2.71. The van der Waals surface area contributed by atoms with E-state index in [0.29, 0.717) is 12.8 Å². The van der Waals surface area contributed by atoms with E-state index in [-0.39, 0.29) is 29.6 Å². The Balaban J connectivity index is 1.83. The third-order valence-corrected chi connectivity index (χ3v) is 7.85. The lowest BCUT2D eigenvalue weighted by Gasteiger charge is -2.31. The van der Waals surface area contributed by atoms with Crippen LogP contribution < -0.4 is 10.1 Å². The topological polar surface area (TPSA) is 75.7 Å². The molecule has 0 radical (unpaired) electrons. The fraction of sp³-hybridized carbons (Fsp3) is 0.409. The molecule has 1 saturated heterocycles. The maximum absolute atomic E-state index is 13.8. The van der Waals surface area contributed by atoms with Crippen LogP contribution in [0.15, 0.2) is 39.7 Å². The van der Waals surface area contributed by atoms with Crippen LogP contribution in [0, 0.1) is 18.7 Å². The molecule has 0 aromatic heterocycles. The molecule has 0 unspecified atom stereocenters. The van der Waals surface area contributed by atoms with E-state index < -0.39 is 21.8 Å². The lowest BCUT2D eigenvalue weighted by Crippen LogP contribution is -2.43. The second-order valence-electron chi connectivity index (χ2n) is 7.60. The van der Waals surface area contributed by atoms with Crippen LogP contribution in [0.1, 0.15) is 30.9 Å². The average molecular weight is 513 g/mol. The molecular formula is C22H26BrFN2O4S. The molecule has 0 spiro atoms. The monoisotopic (exact) mass is 512 g/mol. The Morgan fingerprint density at radius 3 is 2.74 bits per heavy atom. The van der Waals surface area contributed by atoms with Gasteiger partial charge in [0.1, 0.15) is 16.5 Å². The highest BCUT2D eigenvalue weighted by Gasteiger charge is 2.35. The van der Waals surface area contributed by atoms with Gasteiger partial charge in [-0.05, 0) is 67.6 Å². The number of methoxy groups -OCH3 is 1. The Hall–Kier alpha value is -1.97. The summed E-state index contributed by atoms with van der Waals surface area (Å²) in [5.74, 6) is -1.31. The van der Waals surface area contributed by atoms with Crippen LogP contribution in [0.25, 0.3) is 0 Å². The molecule has 1 fully saturated rings. The predicted octanol–water partition coefficient (Wildman–Crippen LogP) is 4.51. The van der Waals surface area contributed by atoms with Crippen molar-refractivity contribution in [3.8, 4) is 5.75 Å². The Bertz CT molecular complexity index is 1090. The summed E-state index contributed by atoms with van der Waals surface area (Å²) in [4.78, 5) is 12.8. The van der Waals surface area contributed by atoms with E-state index in [1.807, 2.05) is 26.0 Å². The number of amides is 1. The maximum atomic E-state index is 13.8. The van der Waals surface area contributed by atoms with Gasteiger partial charge in [0.25, 0.3) is 0 Å². The van der Waals surface area contributed by atoms with Crippen LogP contribution in [0.5, 0.6) is 5.75 Å². The summed E-state index contributed by atoms with van der Waals surface area (Å²) in [7, 11) is -2.67. The molecule has 9 heteroatoms. The van der Waals surface area contributed by atoms with Crippen molar-refractivity contribution in [1.29, 1.82) is 0 Å². The minimum Gasteiger partial charge on any atom is -0.495 e. The molecule has 1 amide bonds. The van der Waals surface area contributed by atoms with Crippen molar-refractivity contribution >= 4 is 37.5 Å². The van der Waals surface area contributed by atoms with Crippen LogP contribution in [0.4, 0.5) is 10.1 Å². The largest absolute Gasteiger partial charge is 0.495 e. The Labute approximate surface area is 191 Å². The standard InChI is InChI=1S/C22H26BrFN2O4S/c1-4-15-11-17(23)10-14(2)21(15)25-22(27)16-6-5-9-26(13-16)31(28,29)20-12-18(24)7-8-19(20)30-3/h7-8,10-12,16H,4-6,9,13H2,1-3H3,(H,25,27)/t16-/m0/s1. The molecule has 2 aromatic rings. The van der Waals surface area contributed by atoms with E-state index in [4.69, 9.17) is 4.74 Å². The number of nitrogens with zero attached hydrogens (tertiary/aromatic N) is 1. The highest BCUT2D eigenvalue weighted by Crippen LogP contribution is 2.32. The zero-order valence-corrected chi connectivity index (χ0v) is 20.1. The van der Waals surface area contributed by atoms with Gasteiger partial charge in [0, 0.05) is 23.2 Å². The van der Waals surface area contributed by atoms with Gasteiger partial charge in [0.05, 0.1) is 13.0 Å². The zero-order chi connectivity index (χ0) is 22.8. The van der Waals surface area contributed by atoms with Crippen LogP contribution in [0.3, 0.4) is 0 Å². The van der Waals surface area contributed by atoms with Crippen molar-refractivity contribution in [2.45, 2.75) is 38.0 Å². The average Bonchev–Trinajstić information content (AvgIpc) is 2.75. The zero-order valence-electron chi connectivity index (χ0n) is 17.7. The Morgan fingerprint density at radius 1 is 1.32 bits per heavy atom. The van der Waals surface area contributed by atoms with Gasteiger partial charge in [-0.25, -0.2) is 12.8 Å². The second-order valence-corrected chi connectivity index (χ2v) is 10.4. The highest BCUT2D eigenvalue weighted by molar-refractivity contribution is 9.10. The molecular weight excluding hydrogens is 487 g/mol. The summed E-state index contributed by atoms with van der Waals surface area (Å²) in [5, 5.41) is 3.00. The summed E-state index contributed by atoms with van der Waals surface area (Å²) in [6.45, 7) is 4.24. The number of benzene rings is 2. The Kier molecular flexibility index (Phi) is 7.39. The number of carbonyl (C=O) groups excluding carboxylic acids is 1. The number of hydrogen-bond donors (Lipinski definition) is 1. The fourth-order valence-electron chi connectivity index (χ4n) is 3.86. The first-order valence-corrected chi connectivity index (χ1v) is 12.3. The highest BCUT2D eigenvalue weighted by atomic mass is 79.9. The van der Waals surface area contributed by atoms with Gasteiger partial charge in [-0.1, -0.05) is 22.9 Å². The number of nitrogens with one attached hydrogen (secondary N) is 1. The van der Waals surface area contributed by atoms with Crippen LogP contribution in [-0.4, -0.2) is 38.8 Å². The first-order chi connectivity index (χ1) is 14.7. The third-order valence-electron chi connectivity index (χ3n) is 5.51. The van der Waals surface area contributed by atoms with E-state index in [0.717, 1.165) is 39.8 Å². The number of halogens is 2. The van der Waals surface area contributed by atoms with Crippen molar-refractivity contribution < 1.29 is 22.3 Å². The first-order valence-electron chi connectivity index (χ1n) is 10.1. The molecule has 168 valence electrons. The third kappa shape index (κ3) is 5.10. The van der Waals surface area contributed by atoms with Gasteiger partial charge >= 0.3 is 0 Å². The molecule has 1 N–H and O–H groups in total. The molecule has 3 rings (SSSR count). The summed E-state index contributed by atoms with van der Waals surface area (Å²) < 4.78 is 47.4. The van der Waals surface area contributed by atoms with Gasteiger partial charge < -0.3 is 10.1 Å². The minimum atomic E-state index is -4.01. The minimum absolute atomic E-state index is 0.0326. The van der Waals surface area contributed by atoms with E-state index in [1.165, 1.54) is 17.5 Å². The summed E-state index contributed by atoms with van der Waals surface area (Å²) in [6.07, 6.45) is 1.87. The van der Waals surface area contributed by atoms with E-state index in [9.17, 15) is 17.6 Å². The maximum Gasteiger partial charge on any atom is 0.246 e. The van der Waals surface area contributed by atoms with Crippen molar-refractivity contribution in [2.24, 2.45) is 5.92 Å². The quantitative estimate of drug-likeness (QED) is 0.617. The second kappa shape index (κ2) is 9.67. The molecule has 2 aromatic carbocycles. The van der Waals surface area contributed by atoms with Gasteiger partial charge in [-0.3, -0.25) is 4.79 Å². The van der Waals surface area contributed by atoms with Crippen LogP contribution in [-0.2, 0) is 21.2 Å². The molecule has 1 atom stereocenters. The van der Waals surface area contributed by atoms with Crippen molar-refractivity contribution in [1.82, 2.24) is 4.31 Å². The smallest absolute Gasteiger partial charge is 0.246 e. The van der Waals surface area contributed by atoms with Crippen molar-refractivity contribution in [3.63, 3.8) is 0 Å². The molecule has 0 bridgehead atoms. The predicted molar refractivity (Wildman–Crippen MR) is 121 cm³/mol. The number of sulfonamides is 1. The molecule has 6 nitrogen and oxygen atoms in total. The van der Waals surface area contributed by atoms with Crippen molar-refractivity contribution in [3.05, 3.63) is 51.7 Å². The molecule has 0 saturated carbocycles. The van der Waals surface area contributed by atoms with Gasteiger partial charge in [-0.2, -0.15) is 4.31 Å². The van der Waals surface area contributed by atoms with E-state index in [1.54, 1.807) is 0 Å². The van der Waals surface area contributed by atoms with E-state index in [2.05, 4.69) is 21.2 Å². The van der Waals surface area contributed by atoms with Crippen LogP contribution >= 0.6 is 15.9 Å². The number of ether oxygens (including phenoxy) is 1. The summed E-state index contributed by atoms with van der Waals surface area (Å²) >= 11 is 3.48. The molecule has 0 aliphatic carbocycles. The first kappa shape index (κ1) is 23.7.